The molecule has 5 rings (SSSR count). The van der Waals surface area contributed by atoms with Gasteiger partial charge in [0.2, 0.25) is 0 Å². The fourth-order valence-corrected chi connectivity index (χ4v) is 5.46. The Morgan fingerprint density at radius 2 is 2.00 bits per heavy atom. The first kappa shape index (κ1) is 21.1. The van der Waals surface area contributed by atoms with Crippen molar-refractivity contribution < 1.29 is 9.18 Å². The quantitative estimate of drug-likeness (QED) is 0.553. The highest BCUT2D eigenvalue weighted by molar-refractivity contribution is 6.02. The average molecular weight is 439 g/mol. The number of ketones is 1. The number of fused-ring (bicyclic) bond motifs is 3. The van der Waals surface area contributed by atoms with Crippen molar-refractivity contribution in [1.82, 2.24) is 15.0 Å². The van der Waals surface area contributed by atoms with Gasteiger partial charge in [0, 0.05) is 39.9 Å². The van der Waals surface area contributed by atoms with Gasteiger partial charge in [0.15, 0.2) is 11.6 Å². The number of nitriles is 1. The van der Waals surface area contributed by atoms with Gasteiger partial charge in [-0.2, -0.15) is 5.26 Å². The molecule has 164 valence electrons. The number of Topliss-reactive ketones (excluding diaryl/α,β-unsaturated/α-hetero) is 1. The fraction of sp³-hybridized carbons (Fsp3) is 0.296. The molecule has 3 aromatic rings. The first-order chi connectivity index (χ1) is 15.8. The van der Waals surface area contributed by atoms with Gasteiger partial charge in [-0.3, -0.25) is 9.78 Å². The highest BCUT2D eigenvalue weighted by Gasteiger charge is 2.49. The van der Waals surface area contributed by atoms with E-state index in [1.54, 1.807) is 30.5 Å². The zero-order valence-corrected chi connectivity index (χ0v) is 18.8. The molecule has 2 aliphatic rings. The molecule has 2 unspecified atom stereocenters. The van der Waals surface area contributed by atoms with E-state index in [4.69, 9.17) is 9.97 Å². The zero-order valence-electron chi connectivity index (χ0n) is 18.8. The molecule has 0 aliphatic heterocycles. The van der Waals surface area contributed by atoms with Crippen LogP contribution in [-0.4, -0.2) is 20.7 Å². The van der Waals surface area contributed by atoms with Gasteiger partial charge in [0.05, 0.1) is 17.0 Å². The lowest BCUT2D eigenvalue weighted by Gasteiger charge is -2.45. The van der Waals surface area contributed by atoms with Crippen LogP contribution in [0.4, 0.5) is 4.39 Å². The molecule has 0 amide bonds. The molecule has 1 aromatic carbocycles. The second kappa shape index (κ2) is 7.70. The molecule has 0 bridgehead atoms. The van der Waals surface area contributed by atoms with Crippen LogP contribution < -0.4 is 0 Å². The van der Waals surface area contributed by atoms with Crippen molar-refractivity contribution in [1.29, 1.82) is 5.26 Å². The lowest BCUT2D eigenvalue weighted by Crippen LogP contribution is -2.46. The molecule has 0 N–H and O–H groups in total. The summed E-state index contributed by atoms with van der Waals surface area (Å²) in [4.78, 5) is 26.8. The van der Waals surface area contributed by atoms with E-state index in [1.807, 2.05) is 32.9 Å². The molecule has 2 aliphatic carbocycles. The van der Waals surface area contributed by atoms with Gasteiger partial charge in [-0.25, -0.2) is 14.4 Å². The SMILES string of the molecule is Cc1cc(-c2nc(-c3ccccc3F)c3c(n2)[C@]2(C)C=C(C#N)C(=O)C(C)C2CC3)ccn1. The van der Waals surface area contributed by atoms with Crippen LogP contribution in [0.25, 0.3) is 22.6 Å². The van der Waals surface area contributed by atoms with Crippen molar-refractivity contribution in [2.45, 2.75) is 39.0 Å². The van der Waals surface area contributed by atoms with E-state index < -0.39 is 5.41 Å². The number of allylic oxidation sites excluding steroid dienone is 2. The molecule has 2 heterocycles. The summed E-state index contributed by atoms with van der Waals surface area (Å²) >= 11 is 0. The Balaban J connectivity index is 1.84. The first-order valence-corrected chi connectivity index (χ1v) is 11.1. The first-order valence-electron chi connectivity index (χ1n) is 11.1. The molecule has 5 nitrogen and oxygen atoms in total. The molecule has 33 heavy (non-hydrogen) atoms. The minimum Gasteiger partial charge on any atom is -0.293 e. The smallest absolute Gasteiger partial charge is 0.176 e. The van der Waals surface area contributed by atoms with Crippen molar-refractivity contribution in [2.24, 2.45) is 11.8 Å². The zero-order chi connectivity index (χ0) is 23.3. The molecule has 0 fully saturated rings. The summed E-state index contributed by atoms with van der Waals surface area (Å²) in [5.74, 6) is -0.262. The van der Waals surface area contributed by atoms with E-state index >= 15 is 0 Å². The summed E-state index contributed by atoms with van der Waals surface area (Å²) < 4.78 is 14.9. The van der Waals surface area contributed by atoms with E-state index in [2.05, 4.69) is 11.1 Å². The standard InChI is InChI=1S/C27H23FN4O/c1-15-12-17(10-11-30-15)26-31-23(19-6-4-5-7-22(19)28)20-8-9-21-16(2)24(33)18(14-29)13-27(21,3)25(20)32-26/h4-7,10-13,16,21H,8-9H2,1-3H3/t16?,21?,27-/m1/s1. The molecular weight excluding hydrogens is 415 g/mol. The predicted molar refractivity (Wildman–Crippen MR) is 122 cm³/mol. The van der Waals surface area contributed by atoms with Gasteiger partial charge in [0.1, 0.15) is 11.9 Å². The Morgan fingerprint density at radius 3 is 2.73 bits per heavy atom. The summed E-state index contributed by atoms with van der Waals surface area (Å²) in [6.45, 7) is 5.83. The summed E-state index contributed by atoms with van der Waals surface area (Å²) in [6.07, 6.45) is 4.86. The summed E-state index contributed by atoms with van der Waals surface area (Å²) in [7, 11) is 0. The third-order valence-corrected chi connectivity index (χ3v) is 7.12. The van der Waals surface area contributed by atoms with E-state index in [0.29, 0.717) is 23.5 Å². The lowest BCUT2D eigenvalue weighted by molar-refractivity contribution is -0.121. The Labute approximate surface area is 192 Å². The Morgan fingerprint density at radius 1 is 1.21 bits per heavy atom. The number of carbonyl (C=O) groups excluding carboxylic acids is 1. The second-order valence-corrected chi connectivity index (χ2v) is 9.14. The van der Waals surface area contributed by atoms with Crippen LogP contribution >= 0.6 is 0 Å². The van der Waals surface area contributed by atoms with Gasteiger partial charge in [-0.15, -0.1) is 0 Å². The Hall–Kier alpha value is -3.72. The van der Waals surface area contributed by atoms with Crippen molar-refractivity contribution >= 4 is 5.78 Å². The third-order valence-electron chi connectivity index (χ3n) is 7.12. The number of nitrogens with zero attached hydrogens (tertiary/aromatic N) is 4. The van der Waals surface area contributed by atoms with Gasteiger partial charge in [-0.1, -0.05) is 32.1 Å². The summed E-state index contributed by atoms with van der Waals surface area (Å²) in [6, 6.07) is 12.4. The van der Waals surface area contributed by atoms with Gasteiger partial charge < -0.3 is 0 Å². The number of hydrogen-bond donors (Lipinski definition) is 0. The minimum absolute atomic E-state index is 0.00463. The summed E-state index contributed by atoms with van der Waals surface area (Å²) in [5, 5.41) is 9.64. The monoisotopic (exact) mass is 438 g/mol. The van der Waals surface area contributed by atoms with Gasteiger partial charge in [0.25, 0.3) is 0 Å². The van der Waals surface area contributed by atoms with Gasteiger partial charge in [-0.05, 0) is 49.9 Å². The van der Waals surface area contributed by atoms with Crippen LogP contribution in [0.5, 0.6) is 0 Å². The number of halogens is 1. The van der Waals surface area contributed by atoms with E-state index in [1.165, 1.54) is 6.07 Å². The largest absolute Gasteiger partial charge is 0.293 e. The molecule has 6 heteroatoms. The Kier molecular flexibility index (Phi) is 4.93. The second-order valence-electron chi connectivity index (χ2n) is 9.14. The van der Waals surface area contributed by atoms with Crippen LogP contribution in [0.3, 0.4) is 0 Å². The van der Waals surface area contributed by atoms with Crippen LogP contribution in [0.2, 0.25) is 0 Å². The minimum atomic E-state index is -0.633. The maximum Gasteiger partial charge on any atom is 0.176 e. The Bertz CT molecular complexity index is 1370. The third kappa shape index (κ3) is 3.27. The van der Waals surface area contributed by atoms with Crippen molar-refractivity contribution in [3.05, 3.63) is 77.0 Å². The van der Waals surface area contributed by atoms with Crippen molar-refractivity contribution in [3.63, 3.8) is 0 Å². The highest BCUT2D eigenvalue weighted by atomic mass is 19.1. The maximum atomic E-state index is 14.9. The number of carbonyl (C=O) groups is 1. The van der Waals surface area contributed by atoms with E-state index in [0.717, 1.165) is 28.9 Å². The number of hydrogen-bond acceptors (Lipinski definition) is 5. The average Bonchev–Trinajstić information content (AvgIpc) is 2.81. The molecule has 0 saturated heterocycles. The number of aryl methyl sites for hydroxylation is 1. The topological polar surface area (TPSA) is 79.5 Å². The van der Waals surface area contributed by atoms with Gasteiger partial charge >= 0.3 is 0 Å². The van der Waals surface area contributed by atoms with Crippen molar-refractivity contribution in [2.75, 3.05) is 0 Å². The van der Waals surface area contributed by atoms with Crippen LogP contribution in [0.1, 0.15) is 37.2 Å². The predicted octanol–water partition coefficient (Wildman–Crippen LogP) is 5.14. The number of benzene rings is 1. The fourth-order valence-electron chi connectivity index (χ4n) is 5.46. The number of pyridine rings is 1. The molecule has 0 spiro atoms. The van der Waals surface area contributed by atoms with Crippen LogP contribution in [0.15, 0.2) is 54.2 Å². The van der Waals surface area contributed by atoms with Crippen LogP contribution in [0, 0.1) is 35.9 Å². The molecular formula is C27H23FN4O. The number of rotatable bonds is 2. The molecule has 0 saturated carbocycles. The van der Waals surface area contributed by atoms with Crippen molar-refractivity contribution in [3.8, 4) is 28.7 Å². The number of aromatic nitrogens is 3. The molecule has 3 atom stereocenters. The highest BCUT2D eigenvalue weighted by Crippen LogP contribution is 2.51. The lowest BCUT2D eigenvalue weighted by atomic mass is 9.57. The van der Waals surface area contributed by atoms with E-state index in [-0.39, 0.29) is 29.0 Å². The van der Waals surface area contributed by atoms with Crippen LogP contribution in [-0.2, 0) is 16.6 Å². The maximum absolute atomic E-state index is 14.9. The van der Waals surface area contributed by atoms with E-state index in [9.17, 15) is 14.4 Å². The molecule has 2 aromatic heterocycles. The normalized spacial score (nSPS) is 23.8. The summed E-state index contributed by atoms with van der Waals surface area (Å²) in [5.41, 5.74) is 3.79. The molecule has 0 radical (unpaired) electrons.